The number of nitrogens with zero attached hydrogens (tertiary/aromatic N) is 4. The molecule has 0 amide bonds. The van der Waals surface area contributed by atoms with Crippen molar-refractivity contribution in [1.82, 2.24) is 9.13 Å². The van der Waals surface area contributed by atoms with Gasteiger partial charge in [0.2, 0.25) is 0 Å². The number of aromatic nitrogens is 2. The summed E-state index contributed by atoms with van der Waals surface area (Å²) in [6.07, 6.45) is 0. The normalized spacial score (nSPS) is 11.3. The fourth-order valence-electron chi connectivity index (χ4n) is 7.23. The molecular formula is C44H26N4. The van der Waals surface area contributed by atoms with E-state index in [1.165, 1.54) is 10.8 Å². The minimum atomic E-state index is 0.572. The lowest BCUT2D eigenvalue weighted by Gasteiger charge is -2.18. The Balaban J connectivity index is 1.36. The summed E-state index contributed by atoms with van der Waals surface area (Å²) in [7, 11) is 0. The fraction of sp³-hybridized carbons (Fsp3) is 0. The van der Waals surface area contributed by atoms with E-state index in [1.54, 1.807) is 0 Å². The summed E-state index contributed by atoms with van der Waals surface area (Å²) in [6, 6.07) is 59.1. The molecule has 0 bridgehead atoms. The van der Waals surface area contributed by atoms with Crippen molar-refractivity contribution in [2.45, 2.75) is 0 Å². The third-order valence-electron chi connectivity index (χ3n) is 9.34. The Morgan fingerprint density at radius 1 is 0.375 bits per heavy atom. The molecule has 4 heteroatoms. The number of para-hydroxylation sites is 3. The summed E-state index contributed by atoms with van der Waals surface area (Å²) < 4.78 is 4.56. The van der Waals surface area contributed by atoms with E-state index >= 15 is 0 Å². The van der Waals surface area contributed by atoms with Gasteiger partial charge in [0, 0.05) is 32.8 Å². The molecule has 2 heterocycles. The highest BCUT2D eigenvalue weighted by Crippen LogP contribution is 2.40. The highest BCUT2D eigenvalue weighted by molar-refractivity contribution is 6.11. The van der Waals surface area contributed by atoms with Gasteiger partial charge in [-0.25, -0.2) is 0 Å². The molecule has 0 fully saturated rings. The van der Waals surface area contributed by atoms with E-state index < -0.39 is 0 Å². The predicted octanol–water partition coefficient (Wildman–Crippen LogP) is 11.0. The molecule has 0 spiro atoms. The van der Waals surface area contributed by atoms with Crippen LogP contribution in [0.1, 0.15) is 11.1 Å². The quantitative estimate of drug-likeness (QED) is 0.199. The van der Waals surface area contributed by atoms with E-state index in [9.17, 15) is 10.5 Å². The van der Waals surface area contributed by atoms with Crippen molar-refractivity contribution in [2.24, 2.45) is 0 Å². The van der Waals surface area contributed by atoms with E-state index in [0.29, 0.717) is 11.1 Å². The molecule has 222 valence electrons. The van der Waals surface area contributed by atoms with Crippen LogP contribution in [-0.4, -0.2) is 9.13 Å². The van der Waals surface area contributed by atoms with Gasteiger partial charge >= 0.3 is 0 Å². The van der Waals surface area contributed by atoms with Crippen LogP contribution in [0.4, 0.5) is 0 Å². The van der Waals surface area contributed by atoms with Crippen molar-refractivity contribution in [2.75, 3.05) is 0 Å². The molecule has 0 aliphatic rings. The Hall–Kier alpha value is -6.88. The Labute approximate surface area is 277 Å². The Morgan fingerprint density at radius 2 is 0.958 bits per heavy atom. The first-order chi connectivity index (χ1) is 23.7. The minimum absolute atomic E-state index is 0.572. The van der Waals surface area contributed by atoms with Gasteiger partial charge < -0.3 is 9.13 Å². The van der Waals surface area contributed by atoms with Gasteiger partial charge in [-0.05, 0) is 77.4 Å². The molecule has 0 unspecified atom stereocenters. The van der Waals surface area contributed by atoms with Crippen LogP contribution in [0.5, 0.6) is 0 Å². The van der Waals surface area contributed by atoms with Crippen molar-refractivity contribution in [3.8, 4) is 45.8 Å². The SMILES string of the molecule is N#Cc1cc(-c2ccc(-c3ccccc3)cc2-n2c3ccccc3c3ccccc32)cc(-n2c3ccccc3c3cc(C#N)ccc32)c1. The maximum Gasteiger partial charge on any atom is 0.0992 e. The lowest BCUT2D eigenvalue weighted by Crippen LogP contribution is -2.00. The summed E-state index contributed by atoms with van der Waals surface area (Å²) >= 11 is 0. The second-order valence-corrected chi connectivity index (χ2v) is 12.0. The molecule has 9 aromatic rings. The molecule has 48 heavy (non-hydrogen) atoms. The van der Waals surface area contributed by atoms with Crippen molar-refractivity contribution in [3.63, 3.8) is 0 Å². The molecule has 0 atom stereocenters. The van der Waals surface area contributed by atoms with Gasteiger partial charge in [0.15, 0.2) is 0 Å². The van der Waals surface area contributed by atoms with Crippen LogP contribution in [0.25, 0.3) is 77.2 Å². The maximum absolute atomic E-state index is 10.4. The van der Waals surface area contributed by atoms with Crippen LogP contribution in [0.2, 0.25) is 0 Å². The topological polar surface area (TPSA) is 57.4 Å². The third kappa shape index (κ3) is 4.22. The summed E-state index contributed by atoms with van der Waals surface area (Å²) in [5, 5.41) is 24.5. The first-order valence-electron chi connectivity index (χ1n) is 15.9. The average Bonchev–Trinajstić information content (AvgIpc) is 3.67. The molecule has 0 aliphatic carbocycles. The first kappa shape index (κ1) is 27.4. The number of hydrogen-bond acceptors (Lipinski definition) is 2. The second-order valence-electron chi connectivity index (χ2n) is 12.0. The van der Waals surface area contributed by atoms with E-state index in [1.807, 2.05) is 48.5 Å². The van der Waals surface area contributed by atoms with Gasteiger partial charge in [-0.1, -0.05) is 97.1 Å². The maximum atomic E-state index is 10.4. The van der Waals surface area contributed by atoms with Gasteiger partial charge in [0.05, 0.1) is 51.0 Å². The lowest BCUT2D eigenvalue weighted by molar-refractivity contribution is 1.17. The molecule has 0 aliphatic heterocycles. The smallest absolute Gasteiger partial charge is 0.0992 e. The van der Waals surface area contributed by atoms with Crippen molar-refractivity contribution < 1.29 is 0 Å². The molecule has 4 nitrogen and oxygen atoms in total. The van der Waals surface area contributed by atoms with Crippen molar-refractivity contribution >= 4 is 43.6 Å². The van der Waals surface area contributed by atoms with Crippen LogP contribution in [-0.2, 0) is 0 Å². The molecule has 0 radical (unpaired) electrons. The molecule has 0 saturated carbocycles. The van der Waals surface area contributed by atoms with Crippen LogP contribution in [0.3, 0.4) is 0 Å². The van der Waals surface area contributed by atoms with Crippen molar-refractivity contribution in [1.29, 1.82) is 10.5 Å². The number of rotatable bonds is 4. The zero-order valence-corrected chi connectivity index (χ0v) is 25.8. The zero-order chi connectivity index (χ0) is 32.2. The van der Waals surface area contributed by atoms with Crippen LogP contribution >= 0.6 is 0 Å². The number of nitriles is 2. The number of benzene rings is 7. The van der Waals surface area contributed by atoms with Gasteiger partial charge in [-0.2, -0.15) is 10.5 Å². The highest BCUT2D eigenvalue weighted by atomic mass is 15.0. The van der Waals surface area contributed by atoms with Crippen LogP contribution in [0.15, 0.2) is 158 Å². The highest BCUT2D eigenvalue weighted by Gasteiger charge is 2.19. The van der Waals surface area contributed by atoms with E-state index in [4.69, 9.17) is 0 Å². The average molecular weight is 611 g/mol. The summed E-state index contributed by atoms with van der Waals surface area (Å²) in [4.78, 5) is 0. The largest absolute Gasteiger partial charge is 0.309 e. The second kappa shape index (κ2) is 10.9. The predicted molar refractivity (Wildman–Crippen MR) is 195 cm³/mol. The minimum Gasteiger partial charge on any atom is -0.309 e. The lowest BCUT2D eigenvalue weighted by atomic mass is 9.96. The number of fused-ring (bicyclic) bond motifs is 6. The molecule has 0 N–H and O–H groups in total. The number of hydrogen-bond donors (Lipinski definition) is 0. The summed E-state index contributed by atoms with van der Waals surface area (Å²) in [6.45, 7) is 0. The molecular weight excluding hydrogens is 585 g/mol. The zero-order valence-electron chi connectivity index (χ0n) is 25.8. The Bertz CT molecular complexity index is 2750. The standard InChI is InChI=1S/C44H26N4/c45-27-29-18-21-43-39(24-29)38-14-6-7-15-40(38)47(43)34-23-30(28-46)22-33(25-34)35-20-19-32(31-10-2-1-3-11-31)26-44(35)48-41-16-8-4-12-36(41)37-13-5-9-17-42(37)48/h1-26H. The molecule has 0 saturated heterocycles. The van der Waals surface area contributed by atoms with Gasteiger partial charge in [0.1, 0.15) is 0 Å². The van der Waals surface area contributed by atoms with E-state index in [0.717, 1.165) is 66.5 Å². The van der Waals surface area contributed by atoms with Crippen molar-refractivity contribution in [3.05, 3.63) is 169 Å². The fourth-order valence-corrected chi connectivity index (χ4v) is 7.23. The molecule has 7 aromatic carbocycles. The van der Waals surface area contributed by atoms with Crippen LogP contribution < -0.4 is 0 Å². The van der Waals surface area contributed by atoms with Gasteiger partial charge in [0.25, 0.3) is 0 Å². The molecule has 2 aromatic heterocycles. The van der Waals surface area contributed by atoms with E-state index in [2.05, 4.69) is 130 Å². The summed E-state index contributed by atoms with van der Waals surface area (Å²) in [5.74, 6) is 0. The van der Waals surface area contributed by atoms with E-state index in [-0.39, 0.29) is 0 Å². The Kier molecular flexibility index (Phi) is 6.22. The Morgan fingerprint density at radius 3 is 1.62 bits per heavy atom. The molecule has 9 rings (SSSR count). The third-order valence-corrected chi connectivity index (χ3v) is 9.34. The summed E-state index contributed by atoms with van der Waals surface area (Å²) in [5.41, 5.74) is 11.6. The monoisotopic (exact) mass is 610 g/mol. The first-order valence-corrected chi connectivity index (χ1v) is 15.9. The van der Waals surface area contributed by atoms with Gasteiger partial charge in [-0.15, -0.1) is 0 Å². The van der Waals surface area contributed by atoms with Gasteiger partial charge in [-0.3, -0.25) is 0 Å². The van der Waals surface area contributed by atoms with Crippen LogP contribution in [0, 0.1) is 22.7 Å².